The highest BCUT2D eigenvalue weighted by atomic mass is 15.3. The third-order valence-electron chi connectivity index (χ3n) is 3.56. The minimum Gasteiger partial charge on any atom is -0.299 e. The standard InChI is InChI=1S/C13H20N2/c1-13(14-2,15-10-6-7-11-15)12-8-4-3-5-9-12/h3-5,8-9,14H,6-7,10-11H2,1-2H3/t13-/m0/s1. The second kappa shape index (κ2) is 4.33. The monoisotopic (exact) mass is 204 g/mol. The number of nitrogens with one attached hydrogen (secondary N) is 1. The Bertz CT molecular complexity index is 304. The molecule has 0 aliphatic carbocycles. The molecule has 1 atom stereocenters. The first-order chi connectivity index (χ1) is 7.27. The molecule has 0 amide bonds. The normalized spacial score (nSPS) is 21.5. The molecule has 0 saturated carbocycles. The van der Waals surface area contributed by atoms with Gasteiger partial charge in [-0.2, -0.15) is 0 Å². The maximum absolute atomic E-state index is 3.46. The molecule has 2 heteroatoms. The topological polar surface area (TPSA) is 15.3 Å². The number of hydrogen-bond donors (Lipinski definition) is 1. The van der Waals surface area contributed by atoms with E-state index < -0.39 is 0 Å². The van der Waals surface area contributed by atoms with E-state index in [1.807, 2.05) is 7.05 Å². The Morgan fingerprint density at radius 2 is 1.73 bits per heavy atom. The molecular formula is C13H20N2. The van der Waals surface area contributed by atoms with Crippen LogP contribution in [0.3, 0.4) is 0 Å². The number of benzene rings is 1. The number of nitrogens with zero attached hydrogens (tertiary/aromatic N) is 1. The predicted molar refractivity (Wildman–Crippen MR) is 63.7 cm³/mol. The summed E-state index contributed by atoms with van der Waals surface area (Å²) in [6, 6.07) is 10.7. The van der Waals surface area contributed by atoms with Gasteiger partial charge in [-0.05, 0) is 32.4 Å². The minimum absolute atomic E-state index is 0.00222. The van der Waals surface area contributed by atoms with Crippen LogP contribution in [0.1, 0.15) is 25.3 Å². The van der Waals surface area contributed by atoms with Crippen LogP contribution in [0.15, 0.2) is 30.3 Å². The third kappa shape index (κ3) is 1.92. The molecule has 0 radical (unpaired) electrons. The van der Waals surface area contributed by atoms with Crippen LogP contribution in [0.25, 0.3) is 0 Å². The molecule has 1 N–H and O–H groups in total. The van der Waals surface area contributed by atoms with Crippen molar-refractivity contribution in [3.8, 4) is 0 Å². The summed E-state index contributed by atoms with van der Waals surface area (Å²) in [6.45, 7) is 4.67. The molecule has 1 aromatic rings. The first-order valence-corrected chi connectivity index (χ1v) is 5.77. The molecule has 0 spiro atoms. The predicted octanol–water partition coefficient (Wildman–Crippen LogP) is 2.17. The molecule has 0 aromatic heterocycles. The Kier molecular flexibility index (Phi) is 3.08. The fraction of sp³-hybridized carbons (Fsp3) is 0.538. The van der Waals surface area contributed by atoms with Crippen molar-refractivity contribution in [3.05, 3.63) is 35.9 Å². The maximum Gasteiger partial charge on any atom is 0.0943 e. The van der Waals surface area contributed by atoms with Crippen LogP contribution in [0.2, 0.25) is 0 Å². The molecule has 0 unspecified atom stereocenters. The zero-order chi connectivity index (χ0) is 10.7. The molecule has 2 nitrogen and oxygen atoms in total. The Hall–Kier alpha value is -0.860. The summed E-state index contributed by atoms with van der Waals surface area (Å²) in [4.78, 5) is 2.53. The van der Waals surface area contributed by atoms with E-state index in [0.29, 0.717) is 0 Å². The van der Waals surface area contributed by atoms with Gasteiger partial charge in [0, 0.05) is 13.1 Å². The lowest BCUT2D eigenvalue weighted by Gasteiger charge is -2.39. The van der Waals surface area contributed by atoms with Crippen LogP contribution in [0.4, 0.5) is 0 Å². The smallest absolute Gasteiger partial charge is 0.0943 e. The van der Waals surface area contributed by atoms with Crippen LogP contribution in [0, 0.1) is 0 Å². The van der Waals surface area contributed by atoms with E-state index >= 15 is 0 Å². The molecule has 2 rings (SSSR count). The zero-order valence-electron chi connectivity index (χ0n) is 9.66. The SMILES string of the molecule is CN[C@](C)(c1ccccc1)N1CCCC1. The van der Waals surface area contributed by atoms with Gasteiger partial charge >= 0.3 is 0 Å². The number of likely N-dealkylation sites (tertiary alicyclic amines) is 1. The lowest BCUT2D eigenvalue weighted by Crippen LogP contribution is -2.51. The van der Waals surface area contributed by atoms with E-state index in [1.165, 1.54) is 31.5 Å². The first kappa shape index (κ1) is 10.7. The molecule has 1 saturated heterocycles. The molecule has 0 bridgehead atoms. The van der Waals surface area contributed by atoms with Crippen molar-refractivity contribution in [1.82, 2.24) is 10.2 Å². The second-order valence-corrected chi connectivity index (χ2v) is 4.38. The quantitative estimate of drug-likeness (QED) is 0.812. The third-order valence-corrected chi connectivity index (χ3v) is 3.56. The van der Waals surface area contributed by atoms with E-state index in [0.717, 1.165) is 0 Å². The summed E-state index contributed by atoms with van der Waals surface area (Å²) in [7, 11) is 2.05. The Balaban J connectivity index is 2.28. The van der Waals surface area contributed by atoms with Crippen LogP contribution in [0.5, 0.6) is 0 Å². The molecule has 1 aliphatic rings. The fourth-order valence-electron chi connectivity index (χ4n) is 2.41. The second-order valence-electron chi connectivity index (χ2n) is 4.38. The van der Waals surface area contributed by atoms with E-state index in [2.05, 4.69) is 47.5 Å². The molecule has 1 aromatic carbocycles. The van der Waals surface area contributed by atoms with Crippen molar-refractivity contribution in [2.24, 2.45) is 0 Å². The highest BCUT2D eigenvalue weighted by molar-refractivity contribution is 5.23. The van der Waals surface area contributed by atoms with Crippen LogP contribution < -0.4 is 5.32 Å². The van der Waals surface area contributed by atoms with E-state index in [-0.39, 0.29) is 5.66 Å². The minimum atomic E-state index is -0.00222. The summed E-state index contributed by atoms with van der Waals surface area (Å²) in [5.74, 6) is 0. The number of hydrogen-bond acceptors (Lipinski definition) is 2. The lowest BCUT2D eigenvalue weighted by molar-refractivity contribution is 0.104. The van der Waals surface area contributed by atoms with Gasteiger partial charge in [-0.1, -0.05) is 30.3 Å². The Morgan fingerprint density at radius 1 is 1.13 bits per heavy atom. The largest absolute Gasteiger partial charge is 0.299 e. The van der Waals surface area contributed by atoms with Crippen molar-refractivity contribution in [2.45, 2.75) is 25.4 Å². The van der Waals surface area contributed by atoms with Gasteiger partial charge < -0.3 is 0 Å². The first-order valence-electron chi connectivity index (χ1n) is 5.77. The van der Waals surface area contributed by atoms with E-state index in [9.17, 15) is 0 Å². The van der Waals surface area contributed by atoms with Gasteiger partial charge in [0.25, 0.3) is 0 Å². The van der Waals surface area contributed by atoms with Gasteiger partial charge in [0.05, 0.1) is 5.66 Å². The summed E-state index contributed by atoms with van der Waals surface area (Å²) in [5, 5.41) is 3.46. The van der Waals surface area contributed by atoms with Crippen LogP contribution >= 0.6 is 0 Å². The molecular weight excluding hydrogens is 184 g/mol. The van der Waals surface area contributed by atoms with Crippen molar-refractivity contribution in [2.75, 3.05) is 20.1 Å². The molecule has 15 heavy (non-hydrogen) atoms. The van der Waals surface area contributed by atoms with E-state index in [1.54, 1.807) is 0 Å². The fourth-order valence-corrected chi connectivity index (χ4v) is 2.41. The van der Waals surface area contributed by atoms with Gasteiger partial charge in [0.2, 0.25) is 0 Å². The number of rotatable bonds is 3. The van der Waals surface area contributed by atoms with E-state index in [4.69, 9.17) is 0 Å². The van der Waals surface area contributed by atoms with Gasteiger partial charge in [0.15, 0.2) is 0 Å². The average molecular weight is 204 g/mol. The lowest BCUT2D eigenvalue weighted by atomic mass is 10.00. The van der Waals surface area contributed by atoms with Crippen LogP contribution in [-0.4, -0.2) is 25.0 Å². The van der Waals surface area contributed by atoms with Gasteiger partial charge in [-0.25, -0.2) is 0 Å². The molecule has 1 fully saturated rings. The van der Waals surface area contributed by atoms with Gasteiger partial charge in [0.1, 0.15) is 0 Å². The summed E-state index contributed by atoms with van der Waals surface area (Å²) in [5.41, 5.74) is 1.35. The average Bonchev–Trinajstić information content (AvgIpc) is 2.83. The van der Waals surface area contributed by atoms with Crippen molar-refractivity contribution >= 4 is 0 Å². The summed E-state index contributed by atoms with van der Waals surface area (Å²) in [6.07, 6.45) is 2.65. The Labute approximate surface area is 92.3 Å². The van der Waals surface area contributed by atoms with Gasteiger partial charge in [-0.15, -0.1) is 0 Å². The maximum atomic E-state index is 3.46. The molecule has 82 valence electrons. The zero-order valence-corrected chi connectivity index (χ0v) is 9.66. The Morgan fingerprint density at radius 3 is 2.27 bits per heavy atom. The molecule has 1 aliphatic heterocycles. The van der Waals surface area contributed by atoms with Gasteiger partial charge in [-0.3, -0.25) is 10.2 Å². The van der Waals surface area contributed by atoms with Crippen molar-refractivity contribution in [3.63, 3.8) is 0 Å². The highest BCUT2D eigenvalue weighted by Gasteiger charge is 2.33. The van der Waals surface area contributed by atoms with Crippen LogP contribution in [-0.2, 0) is 5.66 Å². The molecule has 1 heterocycles. The van der Waals surface area contributed by atoms with Crippen molar-refractivity contribution in [1.29, 1.82) is 0 Å². The summed E-state index contributed by atoms with van der Waals surface area (Å²) < 4.78 is 0. The highest BCUT2D eigenvalue weighted by Crippen LogP contribution is 2.28. The summed E-state index contributed by atoms with van der Waals surface area (Å²) >= 11 is 0. The van der Waals surface area contributed by atoms with Crippen molar-refractivity contribution < 1.29 is 0 Å².